The number of hydrogen-bond donors (Lipinski definition) is 1. The van der Waals surface area contributed by atoms with Gasteiger partial charge in [-0.1, -0.05) is 70.0 Å². The van der Waals surface area contributed by atoms with E-state index in [1.807, 2.05) is 48.5 Å². The minimum Gasteiger partial charge on any atom is -0.245 e. The number of aryl methyl sites for hydroxylation is 1. The lowest BCUT2D eigenvalue weighted by Crippen LogP contribution is -2.00. The third-order valence-electron chi connectivity index (χ3n) is 4.13. The predicted molar refractivity (Wildman–Crippen MR) is 115 cm³/mol. The third-order valence-corrected chi connectivity index (χ3v) is 4.62. The van der Waals surface area contributed by atoms with E-state index in [9.17, 15) is 0 Å². The Kier molecular flexibility index (Phi) is 4.94. The van der Waals surface area contributed by atoms with Crippen LogP contribution in [0.5, 0.6) is 0 Å². The Hall–Kier alpha value is -3.05. The standard InChI is InChI=1S/C22H17BrN4/c1-15-10-11-20-19(12-15)21(17-7-3-2-4-8-17)26-22(25-20)27-24-14-16-6-5-9-18(23)13-16/h2-14H,1H3,(H,25,26,27)/b24-14+. The van der Waals surface area contributed by atoms with Crippen LogP contribution in [0.15, 0.2) is 82.4 Å². The maximum absolute atomic E-state index is 4.72. The van der Waals surface area contributed by atoms with E-state index in [4.69, 9.17) is 4.98 Å². The van der Waals surface area contributed by atoms with Gasteiger partial charge in [-0.05, 0) is 36.8 Å². The fourth-order valence-corrected chi connectivity index (χ4v) is 3.28. The maximum atomic E-state index is 4.72. The van der Waals surface area contributed by atoms with Gasteiger partial charge in [-0.15, -0.1) is 0 Å². The fourth-order valence-electron chi connectivity index (χ4n) is 2.86. The number of halogens is 1. The third kappa shape index (κ3) is 4.04. The van der Waals surface area contributed by atoms with Crippen molar-refractivity contribution in [2.75, 3.05) is 5.43 Å². The Balaban J connectivity index is 1.72. The van der Waals surface area contributed by atoms with E-state index < -0.39 is 0 Å². The molecule has 5 heteroatoms. The van der Waals surface area contributed by atoms with E-state index in [0.29, 0.717) is 5.95 Å². The molecule has 0 aliphatic carbocycles. The Morgan fingerprint density at radius 2 is 1.78 bits per heavy atom. The van der Waals surface area contributed by atoms with E-state index in [2.05, 4.69) is 62.6 Å². The second-order valence-electron chi connectivity index (χ2n) is 6.21. The normalized spacial score (nSPS) is 11.2. The molecule has 0 spiro atoms. The minimum atomic E-state index is 0.469. The molecule has 0 saturated heterocycles. The van der Waals surface area contributed by atoms with Gasteiger partial charge in [-0.3, -0.25) is 0 Å². The summed E-state index contributed by atoms with van der Waals surface area (Å²) in [5, 5.41) is 5.32. The Labute approximate surface area is 166 Å². The second kappa shape index (κ2) is 7.68. The van der Waals surface area contributed by atoms with Gasteiger partial charge in [0.05, 0.1) is 17.4 Å². The summed E-state index contributed by atoms with van der Waals surface area (Å²) >= 11 is 3.46. The molecule has 0 saturated carbocycles. The number of benzene rings is 3. The first-order valence-corrected chi connectivity index (χ1v) is 9.37. The van der Waals surface area contributed by atoms with E-state index in [-0.39, 0.29) is 0 Å². The first-order valence-electron chi connectivity index (χ1n) is 8.57. The van der Waals surface area contributed by atoms with Crippen molar-refractivity contribution < 1.29 is 0 Å². The highest BCUT2D eigenvalue weighted by Crippen LogP contribution is 2.28. The maximum Gasteiger partial charge on any atom is 0.244 e. The van der Waals surface area contributed by atoms with Gasteiger partial charge in [-0.2, -0.15) is 5.10 Å². The Bertz CT molecular complexity index is 1120. The number of rotatable bonds is 4. The Morgan fingerprint density at radius 3 is 2.59 bits per heavy atom. The van der Waals surface area contributed by atoms with E-state index >= 15 is 0 Å². The number of aromatic nitrogens is 2. The number of hydrazone groups is 1. The molecular formula is C22H17BrN4. The second-order valence-corrected chi connectivity index (χ2v) is 7.12. The zero-order valence-electron chi connectivity index (χ0n) is 14.7. The first-order chi connectivity index (χ1) is 13.2. The highest BCUT2D eigenvalue weighted by Gasteiger charge is 2.09. The molecule has 132 valence electrons. The van der Waals surface area contributed by atoms with Crippen molar-refractivity contribution in [1.29, 1.82) is 0 Å². The van der Waals surface area contributed by atoms with E-state index in [1.165, 1.54) is 5.56 Å². The topological polar surface area (TPSA) is 50.2 Å². The van der Waals surface area contributed by atoms with Crippen LogP contribution >= 0.6 is 15.9 Å². The molecule has 27 heavy (non-hydrogen) atoms. The molecule has 0 bridgehead atoms. The zero-order valence-corrected chi connectivity index (χ0v) is 16.3. The average molecular weight is 417 g/mol. The van der Waals surface area contributed by atoms with Crippen LogP contribution < -0.4 is 5.43 Å². The van der Waals surface area contributed by atoms with Crippen LogP contribution in [-0.2, 0) is 0 Å². The van der Waals surface area contributed by atoms with E-state index in [1.54, 1.807) is 6.21 Å². The molecular weight excluding hydrogens is 400 g/mol. The van der Waals surface area contributed by atoms with Gasteiger partial charge in [0, 0.05) is 15.4 Å². The van der Waals surface area contributed by atoms with Crippen molar-refractivity contribution in [3.05, 3.63) is 88.4 Å². The number of fused-ring (bicyclic) bond motifs is 1. The quantitative estimate of drug-likeness (QED) is 0.337. The van der Waals surface area contributed by atoms with Gasteiger partial charge in [-0.25, -0.2) is 15.4 Å². The number of hydrogen-bond acceptors (Lipinski definition) is 4. The monoisotopic (exact) mass is 416 g/mol. The van der Waals surface area contributed by atoms with Gasteiger partial charge in [0.2, 0.25) is 5.95 Å². The zero-order chi connectivity index (χ0) is 18.6. The molecule has 0 amide bonds. The lowest BCUT2D eigenvalue weighted by atomic mass is 10.0. The lowest BCUT2D eigenvalue weighted by molar-refractivity contribution is 1.15. The summed E-state index contributed by atoms with van der Waals surface area (Å²) in [6.45, 7) is 2.07. The fraction of sp³-hybridized carbons (Fsp3) is 0.0455. The van der Waals surface area contributed by atoms with Crippen LogP contribution in [-0.4, -0.2) is 16.2 Å². The molecule has 0 unspecified atom stereocenters. The summed E-state index contributed by atoms with van der Waals surface area (Å²) in [6, 6.07) is 24.2. The molecule has 0 atom stereocenters. The highest BCUT2D eigenvalue weighted by atomic mass is 79.9. The Morgan fingerprint density at radius 1 is 0.926 bits per heavy atom. The molecule has 4 nitrogen and oxygen atoms in total. The van der Waals surface area contributed by atoms with Gasteiger partial charge < -0.3 is 0 Å². The first kappa shape index (κ1) is 17.4. The predicted octanol–water partition coefficient (Wildman–Crippen LogP) is 5.81. The van der Waals surface area contributed by atoms with Crippen LogP contribution in [0.25, 0.3) is 22.2 Å². The van der Waals surface area contributed by atoms with Crippen LogP contribution in [0.1, 0.15) is 11.1 Å². The van der Waals surface area contributed by atoms with Crippen molar-refractivity contribution in [2.45, 2.75) is 6.92 Å². The summed E-state index contributed by atoms with van der Waals surface area (Å²) in [6.07, 6.45) is 1.75. The molecule has 0 radical (unpaired) electrons. The molecule has 0 aliphatic heterocycles. The average Bonchev–Trinajstić information content (AvgIpc) is 2.68. The number of nitrogens with zero attached hydrogens (tertiary/aromatic N) is 3. The van der Waals surface area contributed by atoms with Crippen LogP contribution in [0.2, 0.25) is 0 Å². The molecule has 1 heterocycles. The molecule has 3 aromatic carbocycles. The summed E-state index contributed by atoms with van der Waals surface area (Å²) in [7, 11) is 0. The van der Waals surface area contributed by atoms with E-state index in [0.717, 1.165) is 32.2 Å². The van der Waals surface area contributed by atoms with Crippen molar-refractivity contribution in [3.63, 3.8) is 0 Å². The number of anilines is 1. The van der Waals surface area contributed by atoms with Crippen molar-refractivity contribution >= 4 is 39.0 Å². The summed E-state index contributed by atoms with van der Waals surface area (Å²) in [5.74, 6) is 0.469. The van der Waals surface area contributed by atoms with Crippen molar-refractivity contribution in [3.8, 4) is 11.3 Å². The van der Waals surface area contributed by atoms with Gasteiger partial charge in [0.25, 0.3) is 0 Å². The molecule has 1 aromatic heterocycles. The summed E-state index contributed by atoms with van der Waals surface area (Å²) in [5.41, 5.74) is 7.95. The largest absolute Gasteiger partial charge is 0.245 e. The van der Waals surface area contributed by atoms with Gasteiger partial charge in [0.1, 0.15) is 0 Å². The molecule has 0 aliphatic rings. The molecule has 4 rings (SSSR count). The van der Waals surface area contributed by atoms with Crippen molar-refractivity contribution in [2.24, 2.45) is 5.10 Å². The molecule has 1 N–H and O–H groups in total. The van der Waals surface area contributed by atoms with Gasteiger partial charge >= 0.3 is 0 Å². The molecule has 4 aromatic rings. The molecule has 0 fully saturated rings. The van der Waals surface area contributed by atoms with Crippen LogP contribution in [0.3, 0.4) is 0 Å². The smallest absolute Gasteiger partial charge is 0.244 e. The number of nitrogens with one attached hydrogen (secondary N) is 1. The SMILES string of the molecule is Cc1ccc2nc(N/N=C/c3cccc(Br)c3)nc(-c3ccccc3)c2c1. The highest BCUT2D eigenvalue weighted by molar-refractivity contribution is 9.10. The van der Waals surface area contributed by atoms with Crippen LogP contribution in [0, 0.1) is 6.92 Å². The minimum absolute atomic E-state index is 0.469. The van der Waals surface area contributed by atoms with Crippen molar-refractivity contribution in [1.82, 2.24) is 9.97 Å². The van der Waals surface area contributed by atoms with Gasteiger partial charge in [0.15, 0.2) is 0 Å². The lowest BCUT2D eigenvalue weighted by Gasteiger charge is -2.09. The summed E-state index contributed by atoms with van der Waals surface area (Å²) < 4.78 is 1.01. The summed E-state index contributed by atoms with van der Waals surface area (Å²) in [4.78, 5) is 9.32. The van der Waals surface area contributed by atoms with Crippen LogP contribution in [0.4, 0.5) is 5.95 Å².